The molecule has 1 aliphatic heterocycles. The summed E-state index contributed by atoms with van der Waals surface area (Å²) in [4.78, 5) is 34.9. The lowest BCUT2D eigenvalue weighted by atomic mass is 9.96. The van der Waals surface area contributed by atoms with E-state index in [1.807, 2.05) is 42.5 Å². The number of benzene rings is 1. The number of aliphatic hydroxyl groups excluding tert-OH is 1. The predicted molar refractivity (Wildman–Crippen MR) is 135 cm³/mol. The Morgan fingerprint density at radius 2 is 1.82 bits per heavy atom. The fraction of sp³-hybridized carbons (Fsp3) is 0.346. The quantitative estimate of drug-likeness (QED) is 0.265. The van der Waals surface area contributed by atoms with Crippen molar-refractivity contribution in [1.29, 1.82) is 0 Å². The standard InChI is InChI=1S/C26H29BrN4O3/c1-4-29(5-2)14-8-16-31-23(18-10-12-19(27)13-11-18)21(25(33)26(31)34)24(32)22-17(3)28-20-9-6-7-15-30(20)22/h6-7,9-13,15,23,32H,4-5,8,14,16H2,1-3H3/b24-21+/t23-/m1/s1. The summed E-state index contributed by atoms with van der Waals surface area (Å²) in [5.74, 6) is -1.45. The number of imidazole rings is 1. The van der Waals surface area contributed by atoms with Crippen LogP contribution in [0.3, 0.4) is 0 Å². The normalized spacial score (nSPS) is 17.9. The Labute approximate surface area is 207 Å². The molecule has 7 nitrogen and oxygen atoms in total. The van der Waals surface area contributed by atoms with E-state index in [1.54, 1.807) is 22.4 Å². The van der Waals surface area contributed by atoms with E-state index in [1.165, 1.54) is 0 Å². The van der Waals surface area contributed by atoms with Gasteiger partial charge in [0.2, 0.25) is 0 Å². The first-order valence-corrected chi connectivity index (χ1v) is 12.4. The molecule has 3 heterocycles. The molecule has 178 valence electrons. The SMILES string of the molecule is CCN(CC)CCCN1C(=O)C(=O)/C(=C(/O)c2c(C)nc3ccccn23)[C@H]1c1ccc(Br)cc1. The highest BCUT2D eigenvalue weighted by Crippen LogP contribution is 2.40. The first-order valence-electron chi connectivity index (χ1n) is 11.6. The molecule has 4 rings (SSSR count). The fourth-order valence-electron chi connectivity index (χ4n) is 4.63. The van der Waals surface area contributed by atoms with Gasteiger partial charge in [-0.15, -0.1) is 0 Å². The van der Waals surface area contributed by atoms with Crippen LogP contribution in [-0.4, -0.2) is 62.2 Å². The number of fused-ring (bicyclic) bond motifs is 1. The molecule has 0 bridgehead atoms. The lowest BCUT2D eigenvalue weighted by Crippen LogP contribution is -2.33. The van der Waals surface area contributed by atoms with Crippen LogP contribution < -0.4 is 0 Å². The number of aliphatic hydroxyl groups is 1. The number of nitrogens with zero attached hydrogens (tertiary/aromatic N) is 4. The van der Waals surface area contributed by atoms with Crippen LogP contribution in [-0.2, 0) is 9.59 Å². The number of rotatable bonds is 8. The summed E-state index contributed by atoms with van der Waals surface area (Å²) < 4.78 is 2.64. The summed E-state index contributed by atoms with van der Waals surface area (Å²) in [6.45, 7) is 9.11. The third kappa shape index (κ3) is 4.40. The zero-order chi connectivity index (χ0) is 24.4. The van der Waals surface area contributed by atoms with Crippen molar-refractivity contribution in [1.82, 2.24) is 19.2 Å². The number of likely N-dealkylation sites (tertiary alicyclic amines) is 1. The van der Waals surface area contributed by atoms with E-state index in [9.17, 15) is 14.7 Å². The van der Waals surface area contributed by atoms with Gasteiger partial charge < -0.3 is 14.9 Å². The average Bonchev–Trinajstić information content (AvgIpc) is 3.30. The second-order valence-corrected chi connectivity index (χ2v) is 9.31. The van der Waals surface area contributed by atoms with Crippen molar-refractivity contribution in [2.75, 3.05) is 26.2 Å². The number of amides is 1. The van der Waals surface area contributed by atoms with Gasteiger partial charge in [0.1, 0.15) is 11.3 Å². The molecule has 3 aromatic rings. The molecule has 0 spiro atoms. The number of Topliss-reactive ketones (excluding diaryl/α,β-unsaturated/α-hetero) is 1. The molecule has 1 aliphatic rings. The van der Waals surface area contributed by atoms with Gasteiger partial charge in [-0.1, -0.05) is 48.0 Å². The number of aromatic nitrogens is 2. The van der Waals surface area contributed by atoms with Gasteiger partial charge in [-0.25, -0.2) is 4.98 Å². The maximum absolute atomic E-state index is 13.3. The van der Waals surface area contributed by atoms with Crippen molar-refractivity contribution in [2.45, 2.75) is 33.2 Å². The molecular weight excluding hydrogens is 496 g/mol. The molecular formula is C26H29BrN4O3. The summed E-state index contributed by atoms with van der Waals surface area (Å²) >= 11 is 3.45. The van der Waals surface area contributed by atoms with Gasteiger partial charge in [-0.3, -0.25) is 14.0 Å². The number of hydrogen-bond acceptors (Lipinski definition) is 5. The van der Waals surface area contributed by atoms with E-state index in [2.05, 4.69) is 39.7 Å². The largest absolute Gasteiger partial charge is 0.505 e. The molecule has 1 N–H and O–H groups in total. The smallest absolute Gasteiger partial charge is 0.295 e. The minimum absolute atomic E-state index is 0.101. The maximum atomic E-state index is 13.3. The Morgan fingerprint density at radius 1 is 1.12 bits per heavy atom. The zero-order valence-corrected chi connectivity index (χ0v) is 21.2. The van der Waals surface area contributed by atoms with Crippen LogP contribution in [0, 0.1) is 6.92 Å². The van der Waals surface area contributed by atoms with Crippen molar-refractivity contribution < 1.29 is 14.7 Å². The van der Waals surface area contributed by atoms with Crippen molar-refractivity contribution in [2.24, 2.45) is 0 Å². The summed E-state index contributed by atoms with van der Waals surface area (Å²) in [7, 11) is 0. The second kappa shape index (κ2) is 10.1. The second-order valence-electron chi connectivity index (χ2n) is 8.40. The Morgan fingerprint density at radius 3 is 2.50 bits per heavy atom. The third-order valence-corrected chi connectivity index (χ3v) is 6.95. The Kier molecular flexibility index (Phi) is 7.19. The molecule has 34 heavy (non-hydrogen) atoms. The topological polar surface area (TPSA) is 78.2 Å². The van der Waals surface area contributed by atoms with Gasteiger partial charge in [0.05, 0.1) is 17.3 Å². The first-order chi connectivity index (χ1) is 16.4. The number of aryl methyl sites for hydroxylation is 1. The van der Waals surface area contributed by atoms with E-state index >= 15 is 0 Å². The van der Waals surface area contributed by atoms with E-state index in [0.29, 0.717) is 23.6 Å². The molecule has 1 saturated heterocycles. The molecule has 0 radical (unpaired) electrons. The Balaban J connectivity index is 1.81. The van der Waals surface area contributed by atoms with Gasteiger partial charge >= 0.3 is 0 Å². The van der Waals surface area contributed by atoms with Crippen molar-refractivity contribution in [3.63, 3.8) is 0 Å². The number of carbonyl (C=O) groups is 2. The summed E-state index contributed by atoms with van der Waals surface area (Å²) in [5.41, 5.74) is 2.56. The molecule has 8 heteroatoms. The number of pyridine rings is 1. The number of ketones is 1. The monoisotopic (exact) mass is 524 g/mol. The average molecular weight is 525 g/mol. The highest BCUT2D eigenvalue weighted by molar-refractivity contribution is 9.10. The summed E-state index contributed by atoms with van der Waals surface area (Å²) in [6.07, 6.45) is 2.52. The molecule has 1 amide bonds. The van der Waals surface area contributed by atoms with Gasteiger partial charge in [0.15, 0.2) is 5.76 Å². The van der Waals surface area contributed by atoms with E-state index in [4.69, 9.17) is 0 Å². The van der Waals surface area contributed by atoms with Crippen LogP contribution in [0.15, 0.2) is 58.7 Å². The van der Waals surface area contributed by atoms with Crippen LogP contribution >= 0.6 is 15.9 Å². The zero-order valence-electron chi connectivity index (χ0n) is 19.7. The lowest BCUT2D eigenvalue weighted by Gasteiger charge is -2.26. The lowest BCUT2D eigenvalue weighted by molar-refractivity contribution is -0.140. The van der Waals surface area contributed by atoms with Crippen molar-refractivity contribution in [3.8, 4) is 0 Å². The maximum Gasteiger partial charge on any atom is 0.295 e. The minimum atomic E-state index is -0.668. The summed E-state index contributed by atoms with van der Waals surface area (Å²) in [5, 5.41) is 11.5. The van der Waals surface area contributed by atoms with Gasteiger partial charge in [0, 0.05) is 17.2 Å². The van der Waals surface area contributed by atoms with Crippen LogP contribution in [0.4, 0.5) is 0 Å². The Bertz CT molecular complexity index is 1240. The van der Waals surface area contributed by atoms with Gasteiger partial charge in [-0.05, 0) is 62.8 Å². The first kappa shape index (κ1) is 24.2. The Hall–Kier alpha value is -2.97. The number of carbonyl (C=O) groups excluding carboxylic acids is 2. The third-order valence-electron chi connectivity index (χ3n) is 6.42. The minimum Gasteiger partial charge on any atom is -0.505 e. The molecule has 1 aromatic carbocycles. The highest BCUT2D eigenvalue weighted by atomic mass is 79.9. The van der Waals surface area contributed by atoms with Crippen LogP contribution in [0.1, 0.15) is 43.3 Å². The highest BCUT2D eigenvalue weighted by Gasteiger charge is 2.46. The van der Waals surface area contributed by atoms with Crippen molar-refractivity contribution in [3.05, 3.63) is 75.7 Å². The van der Waals surface area contributed by atoms with Gasteiger partial charge in [0.25, 0.3) is 11.7 Å². The van der Waals surface area contributed by atoms with Crippen LogP contribution in [0.25, 0.3) is 11.4 Å². The number of hydrogen-bond donors (Lipinski definition) is 1. The fourth-order valence-corrected chi connectivity index (χ4v) is 4.90. The van der Waals surface area contributed by atoms with Crippen LogP contribution in [0.2, 0.25) is 0 Å². The van der Waals surface area contributed by atoms with Crippen LogP contribution in [0.5, 0.6) is 0 Å². The van der Waals surface area contributed by atoms with E-state index < -0.39 is 17.7 Å². The molecule has 2 aromatic heterocycles. The van der Waals surface area contributed by atoms with E-state index in [-0.39, 0.29) is 11.3 Å². The number of halogens is 1. The molecule has 0 aliphatic carbocycles. The predicted octanol–water partition coefficient (Wildman–Crippen LogP) is 4.56. The van der Waals surface area contributed by atoms with Crippen molar-refractivity contribution >= 4 is 39.0 Å². The molecule has 1 fully saturated rings. The molecule has 1 atom stereocenters. The van der Waals surface area contributed by atoms with E-state index in [0.717, 1.165) is 36.1 Å². The molecule has 0 saturated carbocycles. The molecule has 0 unspecified atom stereocenters. The van der Waals surface area contributed by atoms with Gasteiger partial charge in [-0.2, -0.15) is 0 Å². The summed E-state index contributed by atoms with van der Waals surface area (Å²) in [6, 6.07) is 12.4.